The summed E-state index contributed by atoms with van der Waals surface area (Å²) in [6, 6.07) is 13.2. The highest BCUT2D eigenvalue weighted by atomic mass is 16.3. The van der Waals surface area contributed by atoms with Crippen molar-refractivity contribution in [2.24, 2.45) is 0 Å². The molecule has 2 rings (SSSR count). The summed E-state index contributed by atoms with van der Waals surface area (Å²) in [6.07, 6.45) is 1.88. The Balaban J connectivity index is 2.06. The summed E-state index contributed by atoms with van der Waals surface area (Å²) in [5.41, 5.74) is 0.296. The largest absolute Gasteiger partial charge is 0.384 e. The Hall–Kier alpha value is -2.07. The predicted molar refractivity (Wildman–Crippen MR) is 83.2 cm³/mol. The molecule has 1 amide bonds. The maximum Gasteiger partial charge on any atom is 0.268 e. The van der Waals surface area contributed by atoms with E-state index in [2.05, 4.69) is 5.32 Å². The number of hydrogen-bond acceptors (Lipinski definition) is 2. The smallest absolute Gasteiger partial charge is 0.268 e. The fourth-order valence-corrected chi connectivity index (χ4v) is 2.28. The second kappa shape index (κ2) is 6.14. The van der Waals surface area contributed by atoms with Crippen LogP contribution in [0.3, 0.4) is 0 Å². The van der Waals surface area contributed by atoms with Crippen molar-refractivity contribution in [3.8, 4) is 0 Å². The van der Waals surface area contributed by atoms with Gasteiger partial charge >= 0.3 is 0 Å². The number of nitrogens with one attached hydrogen (secondary N) is 1. The topological polar surface area (TPSA) is 54.3 Å². The summed E-state index contributed by atoms with van der Waals surface area (Å²) in [5, 5.41) is 13.3. The maximum absolute atomic E-state index is 12.3. The van der Waals surface area contributed by atoms with E-state index >= 15 is 0 Å². The zero-order valence-electron chi connectivity index (χ0n) is 12.7. The van der Waals surface area contributed by atoms with E-state index < -0.39 is 5.60 Å². The second-order valence-electron chi connectivity index (χ2n) is 5.72. The van der Waals surface area contributed by atoms with Crippen molar-refractivity contribution in [1.82, 2.24) is 9.88 Å². The molecule has 4 heteroatoms. The molecule has 0 saturated carbocycles. The van der Waals surface area contributed by atoms with Crippen molar-refractivity contribution < 1.29 is 9.90 Å². The van der Waals surface area contributed by atoms with Gasteiger partial charge in [0.05, 0.1) is 6.54 Å². The van der Waals surface area contributed by atoms with E-state index in [0.29, 0.717) is 5.69 Å². The highest BCUT2D eigenvalue weighted by Crippen LogP contribution is 2.19. The van der Waals surface area contributed by atoms with Crippen LogP contribution in [-0.4, -0.2) is 22.1 Å². The normalized spacial score (nSPS) is 14.0. The molecule has 2 N–H and O–H groups in total. The van der Waals surface area contributed by atoms with E-state index in [9.17, 15) is 9.90 Å². The summed E-state index contributed by atoms with van der Waals surface area (Å²) < 4.78 is 1.91. The van der Waals surface area contributed by atoms with Crippen LogP contribution < -0.4 is 5.32 Å². The molecule has 4 nitrogen and oxygen atoms in total. The first-order valence-electron chi connectivity index (χ1n) is 7.15. The lowest BCUT2D eigenvalue weighted by atomic mass is 9.96. The molecule has 1 heterocycles. The van der Waals surface area contributed by atoms with Gasteiger partial charge < -0.3 is 15.0 Å². The molecule has 1 aromatic carbocycles. The Morgan fingerprint density at radius 2 is 1.90 bits per heavy atom. The predicted octanol–water partition coefficient (Wildman–Crippen LogP) is 2.71. The van der Waals surface area contributed by atoms with Gasteiger partial charge in [-0.3, -0.25) is 4.79 Å². The number of nitrogens with zero attached hydrogens (tertiary/aromatic N) is 1. The number of carbonyl (C=O) groups excluding carboxylic acids is 1. The molecule has 21 heavy (non-hydrogen) atoms. The van der Waals surface area contributed by atoms with Crippen LogP contribution in [0, 0.1) is 0 Å². The molecule has 0 fully saturated rings. The van der Waals surface area contributed by atoms with Crippen molar-refractivity contribution in [3.63, 3.8) is 0 Å². The molecule has 0 bridgehead atoms. The van der Waals surface area contributed by atoms with Crippen LogP contribution in [0.1, 0.15) is 42.9 Å². The molecule has 1 unspecified atom stereocenters. The van der Waals surface area contributed by atoms with E-state index in [0.717, 1.165) is 5.56 Å². The molecule has 0 aliphatic carbocycles. The zero-order chi connectivity index (χ0) is 15.5. The van der Waals surface area contributed by atoms with Crippen LogP contribution in [0.25, 0.3) is 0 Å². The van der Waals surface area contributed by atoms with Crippen LogP contribution in [0.4, 0.5) is 0 Å². The fraction of sp³-hybridized carbons (Fsp3) is 0.353. The quantitative estimate of drug-likeness (QED) is 0.888. The molecule has 112 valence electrons. The third kappa shape index (κ3) is 3.52. The average molecular weight is 286 g/mol. The lowest BCUT2D eigenvalue weighted by Crippen LogP contribution is -2.39. The van der Waals surface area contributed by atoms with E-state index in [1.807, 2.05) is 61.0 Å². The van der Waals surface area contributed by atoms with E-state index in [4.69, 9.17) is 0 Å². The molecule has 0 spiro atoms. The lowest BCUT2D eigenvalue weighted by Gasteiger charge is -2.24. The highest BCUT2D eigenvalue weighted by molar-refractivity contribution is 5.92. The van der Waals surface area contributed by atoms with Crippen LogP contribution in [0.2, 0.25) is 0 Å². The first-order chi connectivity index (χ1) is 9.92. The number of amides is 1. The van der Waals surface area contributed by atoms with E-state index in [1.165, 1.54) is 0 Å². The minimum atomic E-state index is -1.09. The SMILES string of the molecule is CC(C)n1cccc1C(=O)NCC(C)(O)c1ccccc1. The molecule has 0 saturated heterocycles. The van der Waals surface area contributed by atoms with Gasteiger partial charge in [-0.2, -0.15) is 0 Å². The van der Waals surface area contributed by atoms with Gasteiger partial charge in [-0.05, 0) is 38.5 Å². The maximum atomic E-state index is 12.3. The van der Waals surface area contributed by atoms with Gasteiger partial charge in [-0.1, -0.05) is 30.3 Å². The summed E-state index contributed by atoms with van der Waals surface area (Å²) in [5.74, 6) is -0.176. The van der Waals surface area contributed by atoms with Crippen LogP contribution in [0.5, 0.6) is 0 Å². The third-order valence-electron chi connectivity index (χ3n) is 3.56. The van der Waals surface area contributed by atoms with Crippen molar-refractivity contribution in [2.75, 3.05) is 6.54 Å². The Kier molecular flexibility index (Phi) is 4.48. The number of hydrogen-bond donors (Lipinski definition) is 2. The minimum absolute atomic E-state index is 0.166. The molecule has 0 radical (unpaired) electrons. The van der Waals surface area contributed by atoms with E-state index in [1.54, 1.807) is 13.0 Å². The van der Waals surface area contributed by atoms with Crippen LogP contribution in [-0.2, 0) is 5.60 Å². The van der Waals surface area contributed by atoms with E-state index in [-0.39, 0.29) is 18.5 Å². The number of rotatable bonds is 5. The summed E-state index contributed by atoms with van der Waals surface area (Å²) in [6.45, 7) is 5.91. The monoisotopic (exact) mass is 286 g/mol. The average Bonchev–Trinajstić information content (AvgIpc) is 2.95. The molecule has 0 aliphatic heterocycles. The van der Waals surface area contributed by atoms with Crippen molar-refractivity contribution in [2.45, 2.75) is 32.4 Å². The van der Waals surface area contributed by atoms with Gasteiger partial charge in [0.1, 0.15) is 11.3 Å². The first-order valence-corrected chi connectivity index (χ1v) is 7.15. The summed E-state index contributed by atoms with van der Waals surface area (Å²) in [4.78, 5) is 12.3. The molecular formula is C17H22N2O2. The number of aromatic nitrogens is 1. The number of carbonyl (C=O) groups is 1. The van der Waals surface area contributed by atoms with Gasteiger partial charge in [0.2, 0.25) is 0 Å². The van der Waals surface area contributed by atoms with Crippen molar-refractivity contribution in [1.29, 1.82) is 0 Å². The minimum Gasteiger partial charge on any atom is -0.384 e. The molecular weight excluding hydrogens is 264 g/mol. The zero-order valence-corrected chi connectivity index (χ0v) is 12.7. The first kappa shape index (κ1) is 15.3. The van der Waals surface area contributed by atoms with Crippen molar-refractivity contribution in [3.05, 3.63) is 59.9 Å². The summed E-state index contributed by atoms with van der Waals surface area (Å²) >= 11 is 0. The number of aliphatic hydroxyl groups is 1. The Morgan fingerprint density at radius 3 is 2.52 bits per heavy atom. The second-order valence-corrected chi connectivity index (χ2v) is 5.72. The molecule has 0 aliphatic rings. The molecule has 2 aromatic rings. The van der Waals surface area contributed by atoms with Gasteiger partial charge in [0.25, 0.3) is 5.91 Å². The number of benzene rings is 1. The van der Waals surface area contributed by atoms with Gasteiger partial charge in [0, 0.05) is 12.2 Å². The van der Waals surface area contributed by atoms with Crippen LogP contribution >= 0.6 is 0 Å². The standard InChI is InChI=1S/C17H22N2O2/c1-13(2)19-11-7-10-15(19)16(20)18-12-17(3,21)14-8-5-4-6-9-14/h4-11,13,21H,12H2,1-3H3,(H,18,20). The third-order valence-corrected chi connectivity index (χ3v) is 3.56. The van der Waals surface area contributed by atoms with Gasteiger partial charge in [0.15, 0.2) is 0 Å². The molecule has 1 atom stereocenters. The van der Waals surface area contributed by atoms with Crippen molar-refractivity contribution >= 4 is 5.91 Å². The Labute approximate surface area is 125 Å². The fourth-order valence-electron chi connectivity index (χ4n) is 2.28. The highest BCUT2D eigenvalue weighted by Gasteiger charge is 2.24. The Morgan fingerprint density at radius 1 is 1.24 bits per heavy atom. The van der Waals surface area contributed by atoms with Gasteiger partial charge in [-0.25, -0.2) is 0 Å². The van der Waals surface area contributed by atoms with Crippen LogP contribution in [0.15, 0.2) is 48.7 Å². The Bertz CT molecular complexity index is 600. The molecule has 1 aromatic heterocycles. The lowest BCUT2D eigenvalue weighted by molar-refractivity contribution is 0.0523. The van der Waals surface area contributed by atoms with Gasteiger partial charge in [-0.15, -0.1) is 0 Å². The summed E-state index contributed by atoms with van der Waals surface area (Å²) in [7, 11) is 0.